The van der Waals surface area contributed by atoms with Crippen LogP contribution in [0.25, 0.3) is 0 Å². The molecule has 1 aromatic rings. The van der Waals surface area contributed by atoms with E-state index in [0.717, 1.165) is 11.1 Å². The maximum atomic E-state index is 13.0. The molecular formula is C18H21N3O5. The fourth-order valence-corrected chi connectivity index (χ4v) is 2.50. The average Bonchev–Trinajstić information content (AvgIpc) is 2.86. The van der Waals surface area contributed by atoms with Crippen LogP contribution in [0.3, 0.4) is 0 Å². The van der Waals surface area contributed by atoms with Crippen molar-refractivity contribution < 1.29 is 23.9 Å². The molecule has 0 spiro atoms. The van der Waals surface area contributed by atoms with Gasteiger partial charge in [-0.05, 0) is 26.3 Å². The Kier molecular flexibility index (Phi) is 5.89. The predicted octanol–water partition coefficient (Wildman–Crippen LogP) is 1.07. The number of hydrazone groups is 1. The van der Waals surface area contributed by atoms with E-state index in [2.05, 4.69) is 5.10 Å². The summed E-state index contributed by atoms with van der Waals surface area (Å²) in [6.45, 7) is 5.00. The minimum absolute atomic E-state index is 0.0657. The van der Waals surface area contributed by atoms with E-state index >= 15 is 0 Å². The van der Waals surface area contributed by atoms with E-state index in [1.54, 1.807) is 51.1 Å². The summed E-state index contributed by atoms with van der Waals surface area (Å²) in [5.41, 5.74) is 5.26. The first-order chi connectivity index (χ1) is 12.4. The topological polar surface area (TPSA) is 111 Å². The van der Waals surface area contributed by atoms with Gasteiger partial charge in [-0.3, -0.25) is 4.79 Å². The van der Waals surface area contributed by atoms with Gasteiger partial charge in [-0.2, -0.15) is 10.1 Å². The summed E-state index contributed by atoms with van der Waals surface area (Å²) in [6, 6.07) is 8.67. The number of amides is 1. The smallest absolute Gasteiger partial charge is 0.357 e. The van der Waals surface area contributed by atoms with Crippen molar-refractivity contribution in [2.75, 3.05) is 13.2 Å². The van der Waals surface area contributed by atoms with Gasteiger partial charge in [0.1, 0.15) is 0 Å². The molecule has 26 heavy (non-hydrogen) atoms. The van der Waals surface area contributed by atoms with Crippen LogP contribution in [-0.2, 0) is 29.4 Å². The molecule has 1 unspecified atom stereocenters. The van der Waals surface area contributed by atoms with Gasteiger partial charge in [-0.15, -0.1) is 0 Å². The second kappa shape index (κ2) is 7.92. The summed E-state index contributed by atoms with van der Waals surface area (Å²) in [4.78, 5) is 37.1. The van der Waals surface area contributed by atoms with Crippen LogP contribution >= 0.6 is 0 Å². The Morgan fingerprint density at radius 2 is 1.81 bits per heavy atom. The van der Waals surface area contributed by atoms with E-state index in [-0.39, 0.29) is 24.6 Å². The van der Waals surface area contributed by atoms with Crippen molar-refractivity contribution in [2.45, 2.75) is 26.3 Å². The third-order valence-electron chi connectivity index (χ3n) is 3.83. The van der Waals surface area contributed by atoms with Crippen molar-refractivity contribution >= 4 is 23.6 Å². The molecule has 0 aromatic heterocycles. The van der Waals surface area contributed by atoms with Gasteiger partial charge in [0.2, 0.25) is 0 Å². The Morgan fingerprint density at radius 1 is 1.19 bits per heavy atom. The van der Waals surface area contributed by atoms with Crippen molar-refractivity contribution in [3.05, 3.63) is 47.7 Å². The largest absolute Gasteiger partial charge is 0.463 e. The van der Waals surface area contributed by atoms with Crippen molar-refractivity contribution in [1.82, 2.24) is 5.01 Å². The van der Waals surface area contributed by atoms with Crippen LogP contribution in [0.5, 0.6) is 0 Å². The first-order valence-electron chi connectivity index (χ1n) is 8.16. The van der Waals surface area contributed by atoms with Crippen LogP contribution in [0.4, 0.5) is 0 Å². The molecule has 1 atom stereocenters. The molecule has 0 radical (unpaired) electrons. The van der Waals surface area contributed by atoms with Gasteiger partial charge in [0.25, 0.3) is 5.91 Å². The quantitative estimate of drug-likeness (QED) is 0.601. The molecule has 1 aromatic carbocycles. The summed E-state index contributed by atoms with van der Waals surface area (Å²) >= 11 is 0. The number of carbonyl (C=O) groups excluding carboxylic acids is 3. The van der Waals surface area contributed by atoms with Gasteiger partial charge in [-0.25, -0.2) is 9.59 Å². The van der Waals surface area contributed by atoms with Gasteiger partial charge in [0.15, 0.2) is 11.2 Å². The normalized spacial score (nSPS) is 20.0. The number of nitrogens with two attached hydrogens (primary N) is 1. The van der Waals surface area contributed by atoms with Crippen LogP contribution in [-0.4, -0.2) is 41.8 Å². The molecule has 0 saturated heterocycles. The van der Waals surface area contributed by atoms with E-state index in [1.807, 2.05) is 0 Å². The molecule has 0 saturated carbocycles. The zero-order chi connectivity index (χ0) is 19.3. The number of esters is 2. The van der Waals surface area contributed by atoms with E-state index < -0.39 is 23.4 Å². The molecule has 0 aliphatic carbocycles. The van der Waals surface area contributed by atoms with Crippen LogP contribution < -0.4 is 5.73 Å². The van der Waals surface area contributed by atoms with Crippen LogP contribution in [0, 0.1) is 0 Å². The first-order valence-corrected chi connectivity index (χ1v) is 8.16. The zero-order valence-electron chi connectivity index (χ0n) is 14.9. The molecule has 1 heterocycles. The fourth-order valence-electron chi connectivity index (χ4n) is 2.50. The molecule has 1 aliphatic rings. The first kappa shape index (κ1) is 19.3. The Hall–Kier alpha value is -3.00. The van der Waals surface area contributed by atoms with Crippen molar-refractivity contribution in [3.63, 3.8) is 0 Å². The van der Waals surface area contributed by atoms with Crippen LogP contribution in [0.2, 0.25) is 0 Å². The zero-order valence-corrected chi connectivity index (χ0v) is 14.9. The number of rotatable bonds is 6. The summed E-state index contributed by atoms with van der Waals surface area (Å²) in [5.74, 6) is -2.32. The summed E-state index contributed by atoms with van der Waals surface area (Å²) in [7, 11) is 0. The van der Waals surface area contributed by atoms with E-state index in [4.69, 9.17) is 15.2 Å². The molecular weight excluding hydrogens is 338 g/mol. The summed E-state index contributed by atoms with van der Waals surface area (Å²) < 4.78 is 9.75. The van der Waals surface area contributed by atoms with Gasteiger partial charge < -0.3 is 15.2 Å². The Bertz CT molecular complexity index is 772. The standard InChI is InChI=1S/C18H21N3O5/c1-4-25-15(22)11-14(16(23)26-5-2)21-17(24)18(19,12(3)20-21)13-9-7-6-8-10-13/h6-11H,4-5,19H2,1-3H3/b14-11+. The Morgan fingerprint density at radius 3 is 2.38 bits per heavy atom. The molecule has 2 rings (SSSR count). The number of hydrogen-bond donors (Lipinski definition) is 1. The molecule has 8 heteroatoms. The summed E-state index contributed by atoms with van der Waals surface area (Å²) in [5, 5.41) is 4.92. The monoisotopic (exact) mass is 359 g/mol. The Labute approximate surface area is 151 Å². The SMILES string of the molecule is CCOC(=O)/C=C(\C(=O)OCC)N1N=C(C)C(N)(c2ccccc2)C1=O. The third-order valence-corrected chi connectivity index (χ3v) is 3.83. The Balaban J connectivity index is 2.46. The number of hydrogen-bond acceptors (Lipinski definition) is 7. The number of ether oxygens (including phenoxy) is 2. The second-order valence-corrected chi connectivity index (χ2v) is 5.48. The molecule has 1 aliphatic heterocycles. The predicted molar refractivity (Wildman–Crippen MR) is 93.6 cm³/mol. The van der Waals surface area contributed by atoms with E-state index in [1.165, 1.54) is 0 Å². The minimum atomic E-state index is -1.54. The third kappa shape index (κ3) is 3.50. The number of nitrogens with zero attached hydrogens (tertiary/aromatic N) is 2. The van der Waals surface area contributed by atoms with Crippen molar-refractivity contribution in [3.8, 4) is 0 Å². The number of carbonyl (C=O) groups is 3. The lowest BCUT2D eigenvalue weighted by atomic mass is 9.86. The fraction of sp³-hybridized carbons (Fsp3) is 0.333. The van der Waals surface area contributed by atoms with Gasteiger partial charge in [-0.1, -0.05) is 30.3 Å². The molecule has 0 bridgehead atoms. The average molecular weight is 359 g/mol. The molecule has 8 nitrogen and oxygen atoms in total. The molecule has 2 N–H and O–H groups in total. The lowest BCUT2D eigenvalue weighted by Gasteiger charge is -2.24. The van der Waals surface area contributed by atoms with Gasteiger partial charge >= 0.3 is 11.9 Å². The van der Waals surface area contributed by atoms with Crippen molar-refractivity contribution in [1.29, 1.82) is 0 Å². The van der Waals surface area contributed by atoms with Gasteiger partial charge in [0, 0.05) is 0 Å². The highest BCUT2D eigenvalue weighted by Crippen LogP contribution is 2.31. The van der Waals surface area contributed by atoms with Crippen LogP contribution in [0.1, 0.15) is 26.3 Å². The van der Waals surface area contributed by atoms with Gasteiger partial charge in [0.05, 0.1) is 25.0 Å². The van der Waals surface area contributed by atoms with E-state index in [9.17, 15) is 14.4 Å². The highest BCUT2D eigenvalue weighted by Gasteiger charge is 2.49. The summed E-state index contributed by atoms with van der Waals surface area (Å²) in [6.07, 6.45) is 0.882. The molecule has 0 fully saturated rings. The maximum Gasteiger partial charge on any atom is 0.357 e. The molecule has 138 valence electrons. The highest BCUT2D eigenvalue weighted by atomic mass is 16.5. The maximum absolute atomic E-state index is 13.0. The second-order valence-electron chi connectivity index (χ2n) is 5.48. The minimum Gasteiger partial charge on any atom is -0.463 e. The lowest BCUT2D eigenvalue weighted by Crippen LogP contribution is -2.51. The van der Waals surface area contributed by atoms with E-state index in [0.29, 0.717) is 5.56 Å². The van der Waals surface area contributed by atoms with Crippen molar-refractivity contribution in [2.24, 2.45) is 10.8 Å². The van der Waals surface area contributed by atoms with Crippen LogP contribution in [0.15, 0.2) is 47.2 Å². The lowest BCUT2D eigenvalue weighted by molar-refractivity contribution is -0.145. The highest BCUT2D eigenvalue weighted by molar-refractivity contribution is 6.18. The number of benzene rings is 1. The molecule has 1 amide bonds.